The van der Waals surface area contributed by atoms with Crippen LogP contribution >= 0.6 is 0 Å². The third-order valence-electron chi connectivity index (χ3n) is 9.12. The van der Waals surface area contributed by atoms with Gasteiger partial charge in [-0.25, -0.2) is 4.79 Å². The maximum atomic E-state index is 12.8. The van der Waals surface area contributed by atoms with Crippen molar-refractivity contribution in [3.05, 3.63) is 35.4 Å². The molecule has 2 saturated carbocycles. The van der Waals surface area contributed by atoms with Gasteiger partial charge in [-0.3, -0.25) is 0 Å². The molecule has 2 aliphatic heterocycles. The van der Waals surface area contributed by atoms with Gasteiger partial charge in [0.05, 0.1) is 6.04 Å². The van der Waals surface area contributed by atoms with Crippen LogP contribution in [0.4, 0.5) is 4.79 Å². The highest BCUT2D eigenvalue weighted by molar-refractivity contribution is 5.75. The minimum atomic E-state index is 0.152. The number of piperidine rings is 1. The molecular weight excluding hydrogens is 358 g/mol. The SMILES string of the molecule is O=C(N[C@H]1CC2(CCN([C@@H]3C[C@H]4CC[C@@H]3C4)CC2)c2ccccc21)N1CCCC1. The van der Waals surface area contributed by atoms with Gasteiger partial charge in [-0.2, -0.15) is 0 Å². The van der Waals surface area contributed by atoms with Crippen LogP contribution in [0.5, 0.6) is 0 Å². The zero-order valence-electron chi connectivity index (χ0n) is 17.6. The first-order chi connectivity index (χ1) is 14.2. The fourth-order valence-electron chi connectivity index (χ4n) is 7.60. The van der Waals surface area contributed by atoms with Crippen molar-refractivity contribution in [3.8, 4) is 0 Å². The summed E-state index contributed by atoms with van der Waals surface area (Å²) in [6.07, 6.45) is 11.8. The molecule has 4 atom stereocenters. The van der Waals surface area contributed by atoms with E-state index >= 15 is 0 Å². The Bertz CT molecular complexity index is 778. The average molecular weight is 394 g/mol. The van der Waals surface area contributed by atoms with Gasteiger partial charge >= 0.3 is 6.03 Å². The Morgan fingerprint density at radius 3 is 2.52 bits per heavy atom. The lowest BCUT2D eigenvalue weighted by molar-refractivity contribution is 0.0811. The Labute approximate surface area is 175 Å². The van der Waals surface area contributed by atoms with E-state index in [0.717, 1.165) is 50.2 Å². The molecule has 0 radical (unpaired) electrons. The van der Waals surface area contributed by atoms with Crippen LogP contribution in [0.25, 0.3) is 0 Å². The highest BCUT2D eigenvalue weighted by Gasteiger charge is 2.49. The monoisotopic (exact) mass is 393 g/mol. The molecule has 0 unspecified atom stereocenters. The summed E-state index contributed by atoms with van der Waals surface area (Å²) in [6.45, 7) is 4.33. The van der Waals surface area contributed by atoms with Crippen LogP contribution in [0, 0.1) is 11.8 Å². The molecule has 2 heterocycles. The first-order valence-corrected chi connectivity index (χ1v) is 12.1. The standard InChI is InChI=1S/C25H35N3O/c29-24(28-11-3-4-12-28)26-22-17-25(21-6-2-1-5-20(21)22)9-13-27(14-10-25)23-16-18-7-8-19(23)15-18/h1-2,5-6,18-19,22-23H,3-4,7-17H2,(H,26,29)/t18-,19+,22-,23+/m0/s1. The van der Waals surface area contributed by atoms with Crippen molar-refractivity contribution in [2.24, 2.45) is 11.8 Å². The number of nitrogens with one attached hydrogen (secondary N) is 1. The second-order valence-electron chi connectivity index (χ2n) is 10.5. The molecule has 1 spiro atoms. The molecule has 2 amide bonds. The second kappa shape index (κ2) is 7.01. The Balaban J connectivity index is 1.18. The van der Waals surface area contributed by atoms with Crippen molar-refractivity contribution in [2.45, 2.75) is 75.3 Å². The van der Waals surface area contributed by atoms with Crippen LogP contribution in [0.3, 0.4) is 0 Å². The second-order valence-corrected chi connectivity index (χ2v) is 10.5. The van der Waals surface area contributed by atoms with E-state index in [2.05, 4.69) is 34.5 Å². The van der Waals surface area contributed by atoms with Crippen LogP contribution in [-0.2, 0) is 5.41 Å². The Morgan fingerprint density at radius 1 is 1.00 bits per heavy atom. The van der Waals surface area contributed by atoms with E-state index in [9.17, 15) is 4.79 Å². The van der Waals surface area contributed by atoms with Gasteiger partial charge in [0.25, 0.3) is 0 Å². The number of carbonyl (C=O) groups is 1. The summed E-state index contributed by atoms with van der Waals surface area (Å²) in [4.78, 5) is 17.6. The molecule has 4 fully saturated rings. The lowest BCUT2D eigenvalue weighted by Crippen LogP contribution is -2.48. The summed E-state index contributed by atoms with van der Waals surface area (Å²) in [5.74, 6) is 2.01. The number of hydrogen-bond acceptors (Lipinski definition) is 2. The number of carbonyl (C=O) groups excluding carboxylic acids is 1. The Kier molecular flexibility index (Phi) is 4.41. The number of hydrogen-bond donors (Lipinski definition) is 1. The summed E-state index contributed by atoms with van der Waals surface area (Å²) < 4.78 is 0. The normalized spacial score (nSPS) is 35.4. The van der Waals surface area contributed by atoms with Gasteiger partial charge in [-0.1, -0.05) is 30.7 Å². The van der Waals surface area contributed by atoms with Crippen molar-refractivity contribution in [1.82, 2.24) is 15.1 Å². The molecule has 1 aromatic carbocycles. The van der Waals surface area contributed by atoms with Crippen molar-refractivity contribution in [2.75, 3.05) is 26.2 Å². The third kappa shape index (κ3) is 3.01. The van der Waals surface area contributed by atoms with Crippen LogP contribution in [0.15, 0.2) is 24.3 Å². The molecule has 0 aromatic heterocycles. The van der Waals surface area contributed by atoms with Gasteiger partial charge in [0.1, 0.15) is 0 Å². The number of likely N-dealkylation sites (tertiary alicyclic amines) is 2. The van der Waals surface area contributed by atoms with E-state index in [1.807, 2.05) is 4.90 Å². The topological polar surface area (TPSA) is 35.6 Å². The number of fused-ring (bicyclic) bond motifs is 4. The highest BCUT2D eigenvalue weighted by Crippen LogP contribution is 2.53. The molecule has 2 saturated heterocycles. The molecule has 3 aliphatic carbocycles. The fourth-order valence-corrected chi connectivity index (χ4v) is 7.60. The maximum absolute atomic E-state index is 12.8. The summed E-state index contributed by atoms with van der Waals surface area (Å²) in [7, 11) is 0. The summed E-state index contributed by atoms with van der Waals surface area (Å²) >= 11 is 0. The quantitative estimate of drug-likeness (QED) is 0.805. The molecule has 29 heavy (non-hydrogen) atoms. The van der Waals surface area contributed by atoms with Gasteiger partial charge < -0.3 is 15.1 Å². The van der Waals surface area contributed by atoms with Crippen LogP contribution in [0.1, 0.15) is 75.0 Å². The van der Waals surface area contributed by atoms with E-state index in [0.29, 0.717) is 0 Å². The van der Waals surface area contributed by atoms with Crippen molar-refractivity contribution in [1.29, 1.82) is 0 Å². The zero-order chi connectivity index (χ0) is 19.4. The van der Waals surface area contributed by atoms with Gasteiger partial charge in [-0.05, 0) is 87.4 Å². The molecule has 4 nitrogen and oxygen atoms in total. The van der Waals surface area contributed by atoms with Gasteiger partial charge in [-0.15, -0.1) is 0 Å². The first kappa shape index (κ1) is 18.2. The van der Waals surface area contributed by atoms with Crippen molar-refractivity contribution >= 4 is 6.03 Å². The molecule has 156 valence electrons. The lowest BCUT2D eigenvalue weighted by atomic mass is 9.73. The number of benzene rings is 1. The Morgan fingerprint density at radius 2 is 1.79 bits per heavy atom. The van der Waals surface area contributed by atoms with Gasteiger partial charge in [0.15, 0.2) is 0 Å². The molecular formula is C25H35N3O. The number of urea groups is 1. The van der Waals surface area contributed by atoms with E-state index in [4.69, 9.17) is 0 Å². The maximum Gasteiger partial charge on any atom is 0.317 e. The predicted octanol–water partition coefficient (Wildman–Crippen LogP) is 4.46. The van der Waals surface area contributed by atoms with Crippen LogP contribution in [-0.4, -0.2) is 48.1 Å². The molecule has 5 aliphatic rings. The molecule has 1 aromatic rings. The summed E-state index contributed by atoms with van der Waals surface area (Å²) in [5.41, 5.74) is 3.18. The minimum absolute atomic E-state index is 0.152. The Hall–Kier alpha value is -1.55. The van der Waals surface area contributed by atoms with Crippen molar-refractivity contribution in [3.63, 3.8) is 0 Å². The summed E-state index contributed by atoms with van der Waals surface area (Å²) in [6, 6.07) is 10.2. The summed E-state index contributed by atoms with van der Waals surface area (Å²) in [5, 5.41) is 3.41. The first-order valence-electron chi connectivity index (χ1n) is 12.1. The van der Waals surface area contributed by atoms with Gasteiger partial charge in [0.2, 0.25) is 0 Å². The largest absolute Gasteiger partial charge is 0.331 e. The number of amides is 2. The fraction of sp³-hybridized carbons (Fsp3) is 0.720. The van der Waals surface area contributed by atoms with E-state index < -0.39 is 0 Å². The van der Waals surface area contributed by atoms with Gasteiger partial charge in [0, 0.05) is 24.5 Å². The molecule has 2 bridgehead atoms. The van der Waals surface area contributed by atoms with E-state index in [1.165, 1.54) is 62.7 Å². The zero-order valence-corrected chi connectivity index (χ0v) is 17.6. The van der Waals surface area contributed by atoms with Crippen molar-refractivity contribution < 1.29 is 4.79 Å². The highest BCUT2D eigenvalue weighted by atomic mass is 16.2. The average Bonchev–Trinajstić information content (AvgIpc) is 3.54. The molecule has 6 rings (SSSR count). The minimum Gasteiger partial charge on any atom is -0.331 e. The predicted molar refractivity (Wildman–Crippen MR) is 115 cm³/mol. The smallest absolute Gasteiger partial charge is 0.317 e. The van der Waals surface area contributed by atoms with E-state index in [1.54, 1.807) is 0 Å². The molecule has 4 heteroatoms. The molecule has 1 N–H and O–H groups in total. The third-order valence-corrected chi connectivity index (χ3v) is 9.12. The van der Waals surface area contributed by atoms with Crippen LogP contribution in [0.2, 0.25) is 0 Å². The number of rotatable bonds is 2. The lowest BCUT2D eigenvalue weighted by Gasteiger charge is -2.44. The van der Waals surface area contributed by atoms with Crippen LogP contribution < -0.4 is 5.32 Å². The van der Waals surface area contributed by atoms with E-state index in [-0.39, 0.29) is 17.5 Å². The number of nitrogens with zero attached hydrogens (tertiary/aromatic N) is 2.